The Labute approximate surface area is 99.1 Å². The molecule has 92 valence electrons. The van der Waals surface area contributed by atoms with Gasteiger partial charge < -0.3 is 10.1 Å². The van der Waals surface area contributed by atoms with Crippen molar-refractivity contribution in [1.82, 2.24) is 5.32 Å². The predicted octanol–water partition coefficient (Wildman–Crippen LogP) is 2.58. The lowest BCUT2D eigenvalue weighted by atomic mass is 9.89. The molecule has 2 saturated carbocycles. The van der Waals surface area contributed by atoms with Crippen molar-refractivity contribution >= 4 is 0 Å². The number of fused-ring (bicyclic) bond motifs is 2. The van der Waals surface area contributed by atoms with Crippen LogP contribution in [0, 0.1) is 17.8 Å². The van der Waals surface area contributed by atoms with E-state index in [1.165, 1.54) is 38.5 Å². The van der Waals surface area contributed by atoms with Crippen molar-refractivity contribution in [2.75, 3.05) is 13.2 Å². The maximum Gasteiger partial charge on any atom is 0.0469 e. The summed E-state index contributed by atoms with van der Waals surface area (Å²) in [6, 6.07) is 1.55. The van der Waals surface area contributed by atoms with Gasteiger partial charge in [0.2, 0.25) is 0 Å². The van der Waals surface area contributed by atoms with E-state index in [9.17, 15) is 0 Å². The molecule has 4 atom stereocenters. The van der Waals surface area contributed by atoms with Crippen molar-refractivity contribution < 1.29 is 4.74 Å². The normalized spacial score (nSPS) is 41.4. The van der Waals surface area contributed by atoms with Gasteiger partial charge in [0.1, 0.15) is 0 Å². The van der Waals surface area contributed by atoms with Crippen LogP contribution in [-0.2, 0) is 4.74 Å². The van der Waals surface area contributed by atoms with Gasteiger partial charge in [0.25, 0.3) is 0 Å². The van der Waals surface area contributed by atoms with Crippen LogP contribution in [0.3, 0.4) is 0 Å². The van der Waals surface area contributed by atoms with Crippen molar-refractivity contribution in [3.63, 3.8) is 0 Å². The fraction of sp³-hybridized carbons (Fsp3) is 1.00. The first kappa shape index (κ1) is 11.0. The zero-order valence-electron chi connectivity index (χ0n) is 10.5. The largest absolute Gasteiger partial charge is 0.381 e. The van der Waals surface area contributed by atoms with Crippen LogP contribution < -0.4 is 5.32 Å². The molecule has 2 bridgehead atoms. The Morgan fingerprint density at radius 1 is 1.06 bits per heavy atom. The fourth-order valence-corrected chi connectivity index (χ4v) is 4.14. The zero-order valence-corrected chi connectivity index (χ0v) is 10.5. The van der Waals surface area contributed by atoms with Gasteiger partial charge in [-0.1, -0.05) is 6.42 Å². The highest BCUT2D eigenvalue weighted by molar-refractivity contribution is 4.95. The second kappa shape index (κ2) is 4.66. The van der Waals surface area contributed by atoms with E-state index >= 15 is 0 Å². The molecule has 3 rings (SSSR count). The number of ether oxygens (including phenoxy) is 1. The Morgan fingerprint density at radius 2 is 1.88 bits per heavy atom. The third-order valence-electron chi connectivity index (χ3n) is 5.19. The Kier molecular flexibility index (Phi) is 3.21. The molecule has 3 fully saturated rings. The van der Waals surface area contributed by atoms with E-state index in [-0.39, 0.29) is 0 Å². The lowest BCUT2D eigenvalue weighted by Gasteiger charge is -2.33. The molecule has 3 aliphatic rings. The minimum Gasteiger partial charge on any atom is -0.381 e. The lowest BCUT2D eigenvalue weighted by molar-refractivity contribution is 0.0532. The van der Waals surface area contributed by atoms with Gasteiger partial charge >= 0.3 is 0 Å². The fourth-order valence-electron chi connectivity index (χ4n) is 4.14. The first-order valence-corrected chi connectivity index (χ1v) is 7.16. The maximum absolute atomic E-state index is 5.44. The van der Waals surface area contributed by atoms with Crippen molar-refractivity contribution in [3.8, 4) is 0 Å². The molecule has 2 aliphatic carbocycles. The third-order valence-corrected chi connectivity index (χ3v) is 5.19. The van der Waals surface area contributed by atoms with Gasteiger partial charge in [0.05, 0.1) is 0 Å². The molecule has 2 nitrogen and oxygen atoms in total. The Hall–Kier alpha value is -0.0800. The summed E-state index contributed by atoms with van der Waals surface area (Å²) in [4.78, 5) is 0. The summed E-state index contributed by atoms with van der Waals surface area (Å²) < 4.78 is 5.44. The molecule has 4 unspecified atom stereocenters. The summed E-state index contributed by atoms with van der Waals surface area (Å²) in [5.41, 5.74) is 0. The number of hydrogen-bond acceptors (Lipinski definition) is 2. The molecule has 0 aromatic heterocycles. The highest BCUT2D eigenvalue weighted by atomic mass is 16.5. The topological polar surface area (TPSA) is 21.3 Å². The Bertz CT molecular complexity index is 237. The van der Waals surface area contributed by atoms with E-state index in [0.29, 0.717) is 6.04 Å². The van der Waals surface area contributed by atoms with E-state index in [2.05, 4.69) is 12.2 Å². The van der Waals surface area contributed by atoms with Crippen LogP contribution in [0.5, 0.6) is 0 Å². The molecule has 0 spiro atoms. The van der Waals surface area contributed by atoms with Crippen LogP contribution in [0.4, 0.5) is 0 Å². The first-order chi connectivity index (χ1) is 7.83. The average molecular weight is 223 g/mol. The van der Waals surface area contributed by atoms with E-state index in [0.717, 1.165) is 37.0 Å². The second-order valence-electron chi connectivity index (χ2n) is 6.19. The number of rotatable bonds is 3. The molecular formula is C14H25NO. The van der Waals surface area contributed by atoms with E-state index in [1.54, 1.807) is 0 Å². The summed E-state index contributed by atoms with van der Waals surface area (Å²) in [5.74, 6) is 2.92. The predicted molar refractivity (Wildman–Crippen MR) is 65.4 cm³/mol. The monoisotopic (exact) mass is 223 g/mol. The van der Waals surface area contributed by atoms with Crippen molar-refractivity contribution in [3.05, 3.63) is 0 Å². The van der Waals surface area contributed by atoms with Crippen molar-refractivity contribution in [1.29, 1.82) is 0 Å². The summed E-state index contributed by atoms with van der Waals surface area (Å²) in [6.45, 7) is 4.35. The lowest BCUT2D eigenvalue weighted by Crippen LogP contribution is -2.44. The highest BCUT2D eigenvalue weighted by Gasteiger charge is 2.40. The molecule has 1 saturated heterocycles. The second-order valence-corrected chi connectivity index (χ2v) is 6.19. The number of hydrogen-bond donors (Lipinski definition) is 1. The van der Waals surface area contributed by atoms with Crippen molar-refractivity contribution in [2.24, 2.45) is 17.8 Å². The summed E-state index contributed by atoms with van der Waals surface area (Å²) in [5, 5.41) is 3.92. The standard InChI is InChI=1S/C14H25NO/c1-10(12-4-6-16-7-5-12)15-14-9-11-2-3-13(14)8-11/h10-15H,2-9H2,1H3. The van der Waals surface area contributed by atoms with Gasteiger partial charge in [0.15, 0.2) is 0 Å². The SMILES string of the molecule is CC(NC1CC2CCC1C2)C1CCOCC1. The Balaban J connectivity index is 1.50. The van der Waals surface area contributed by atoms with E-state index in [4.69, 9.17) is 4.74 Å². The van der Waals surface area contributed by atoms with Gasteiger partial charge in [-0.05, 0) is 56.8 Å². The van der Waals surface area contributed by atoms with Gasteiger partial charge in [-0.3, -0.25) is 0 Å². The highest BCUT2D eigenvalue weighted by Crippen LogP contribution is 2.44. The summed E-state index contributed by atoms with van der Waals surface area (Å²) in [6.07, 6.45) is 8.48. The van der Waals surface area contributed by atoms with E-state index in [1.807, 2.05) is 0 Å². The molecule has 0 amide bonds. The van der Waals surface area contributed by atoms with Gasteiger partial charge in [-0.25, -0.2) is 0 Å². The Morgan fingerprint density at radius 3 is 2.50 bits per heavy atom. The van der Waals surface area contributed by atoms with Gasteiger partial charge in [0, 0.05) is 25.3 Å². The average Bonchev–Trinajstić information content (AvgIpc) is 2.92. The molecule has 1 heterocycles. The minimum absolute atomic E-state index is 0.702. The van der Waals surface area contributed by atoms with Crippen molar-refractivity contribution in [2.45, 2.75) is 57.5 Å². The van der Waals surface area contributed by atoms with Crippen LogP contribution in [-0.4, -0.2) is 25.3 Å². The summed E-state index contributed by atoms with van der Waals surface area (Å²) >= 11 is 0. The van der Waals surface area contributed by atoms with Gasteiger partial charge in [-0.15, -0.1) is 0 Å². The summed E-state index contributed by atoms with van der Waals surface area (Å²) in [7, 11) is 0. The zero-order chi connectivity index (χ0) is 11.0. The molecule has 16 heavy (non-hydrogen) atoms. The van der Waals surface area contributed by atoms with Gasteiger partial charge in [-0.2, -0.15) is 0 Å². The van der Waals surface area contributed by atoms with Crippen LogP contribution in [0.1, 0.15) is 45.4 Å². The molecule has 0 aromatic rings. The van der Waals surface area contributed by atoms with Crippen LogP contribution >= 0.6 is 0 Å². The smallest absolute Gasteiger partial charge is 0.0469 e. The quantitative estimate of drug-likeness (QED) is 0.794. The molecule has 0 radical (unpaired) electrons. The molecule has 0 aromatic carbocycles. The van der Waals surface area contributed by atoms with Crippen LogP contribution in [0.2, 0.25) is 0 Å². The molecule has 1 aliphatic heterocycles. The maximum atomic E-state index is 5.44. The first-order valence-electron chi connectivity index (χ1n) is 7.16. The number of nitrogens with one attached hydrogen (secondary N) is 1. The molecular weight excluding hydrogens is 198 g/mol. The third kappa shape index (κ3) is 2.14. The minimum atomic E-state index is 0.702. The van der Waals surface area contributed by atoms with Crippen LogP contribution in [0.25, 0.3) is 0 Å². The van der Waals surface area contributed by atoms with Crippen LogP contribution in [0.15, 0.2) is 0 Å². The van der Waals surface area contributed by atoms with E-state index < -0.39 is 0 Å². The molecule has 2 heteroatoms. The molecule has 1 N–H and O–H groups in total.